The van der Waals surface area contributed by atoms with Gasteiger partial charge in [0.2, 0.25) is 0 Å². The Labute approximate surface area is 184 Å². The molecule has 2 heterocycles. The third-order valence-electron chi connectivity index (χ3n) is 5.65. The molecule has 0 saturated carbocycles. The van der Waals surface area contributed by atoms with Crippen LogP contribution in [0, 0.1) is 18.3 Å². The molecule has 4 rings (SSSR count). The number of benzene rings is 1. The van der Waals surface area contributed by atoms with Crippen molar-refractivity contribution in [3.05, 3.63) is 57.1 Å². The molecule has 0 radical (unpaired) electrons. The van der Waals surface area contributed by atoms with Crippen LogP contribution < -0.4 is 5.32 Å². The van der Waals surface area contributed by atoms with Gasteiger partial charge in [0.25, 0.3) is 5.91 Å². The van der Waals surface area contributed by atoms with E-state index in [1.807, 2.05) is 38.1 Å². The maximum atomic E-state index is 12.9. The summed E-state index contributed by atoms with van der Waals surface area (Å²) in [6, 6.07) is 9.64. The van der Waals surface area contributed by atoms with Gasteiger partial charge >= 0.3 is 5.97 Å². The monoisotopic (exact) mass is 433 g/mol. The quantitative estimate of drug-likeness (QED) is 0.588. The van der Waals surface area contributed by atoms with Gasteiger partial charge in [-0.1, -0.05) is 25.1 Å². The van der Waals surface area contributed by atoms with Crippen molar-refractivity contribution < 1.29 is 14.3 Å². The summed E-state index contributed by atoms with van der Waals surface area (Å²) in [5.74, 6) is -0.998. The Kier molecular flexibility index (Phi) is 6.01. The fourth-order valence-corrected chi connectivity index (χ4v) is 5.36. The number of hydrogen-bond donors (Lipinski definition) is 1. The summed E-state index contributed by atoms with van der Waals surface area (Å²) in [6.45, 7) is 3.42. The molecule has 0 spiro atoms. The molecule has 31 heavy (non-hydrogen) atoms. The lowest BCUT2D eigenvalue weighted by Crippen LogP contribution is -2.21. The first-order valence-electron chi connectivity index (χ1n) is 10.4. The van der Waals surface area contributed by atoms with Crippen LogP contribution in [0.2, 0.25) is 0 Å². The maximum absolute atomic E-state index is 12.9. The molecule has 7 heteroatoms. The van der Waals surface area contributed by atoms with Gasteiger partial charge in [-0.2, -0.15) is 5.26 Å². The van der Waals surface area contributed by atoms with Crippen LogP contribution in [0.4, 0.5) is 5.00 Å². The number of thiophene rings is 1. The van der Waals surface area contributed by atoms with E-state index >= 15 is 0 Å². The molecule has 3 aromatic rings. The number of carbonyl (C=O) groups is 2. The summed E-state index contributed by atoms with van der Waals surface area (Å²) < 4.78 is 5.37. The fraction of sp³-hybridized carbons (Fsp3) is 0.333. The number of fused-ring (bicyclic) bond motifs is 2. The van der Waals surface area contributed by atoms with Crippen LogP contribution in [-0.2, 0) is 28.8 Å². The average Bonchev–Trinajstić information content (AvgIpc) is 3.13. The van der Waals surface area contributed by atoms with E-state index in [9.17, 15) is 14.9 Å². The molecule has 0 saturated heterocycles. The number of pyridine rings is 1. The summed E-state index contributed by atoms with van der Waals surface area (Å²) >= 11 is 1.45. The number of carbonyl (C=O) groups excluding carboxylic acids is 2. The van der Waals surface area contributed by atoms with Gasteiger partial charge in [-0.25, -0.2) is 4.79 Å². The normalized spacial score (nSPS) is 12.8. The zero-order valence-corrected chi connectivity index (χ0v) is 18.4. The van der Waals surface area contributed by atoms with Crippen LogP contribution in [0.15, 0.2) is 24.3 Å². The first-order chi connectivity index (χ1) is 15.0. The number of nitriles is 1. The van der Waals surface area contributed by atoms with Gasteiger partial charge in [0.05, 0.1) is 16.6 Å². The zero-order chi connectivity index (χ0) is 22.0. The summed E-state index contributed by atoms with van der Waals surface area (Å²) in [6.07, 6.45) is 4.66. The Bertz CT molecular complexity index is 1220. The summed E-state index contributed by atoms with van der Waals surface area (Å²) in [4.78, 5) is 31.2. The number of nitrogens with zero attached hydrogens (tertiary/aromatic N) is 2. The third-order valence-corrected chi connectivity index (χ3v) is 6.85. The molecule has 0 aliphatic heterocycles. The number of amides is 1. The maximum Gasteiger partial charge on any atom is 0.339 e. The largest absolute Gasteiger partial charge is 0.452 e. The van der Waals surface area contributed by atoms with Crippen LogP contribution in [0.3, 0.4) is 0 Å². The smallest absolute Gasteiger partial charge is 0.339 e. The van der Waals surface area contributed by atoms with Gasteiger partial charge in [0.1, 0.15) is 11.1 Å². The molecule has 0 bridgehead atoms. The van der Waals surface area contributed by atoms with Gasteiger partial charge in [0, 0.05) is 16.0 Å². The fourth-order valence-electron chi connectivity index (χ4n) is 4.10. The Balaban J connectivity index is 1.51. The van der Waals surface area contributed by atoms with Crippen LogP contribution in [-0.4, -0.2) is 23.5 Å². The highest BCUT2D eigenvalue weighted by Crippen LogP contribution is 2.37. The van der Waals surface area contributed by atoms with Crippen LogP contribution in [0.25, 0.3) is 10.9 Å². The van der Waals surface area contributed by atoms with Crippen LogP contribution in [0.5, 0.6) is 0 Å². The highest BCUT2D eigenvalue weighted by atomic mass is 32.1. The standard InChI is InChI=1S/C24H23N3O3S/c1-3-18-14(2)22(16-9-4-6-10-19(16)26-18)24(29)30-13-21(28)27-23-17(12-25)15-8-5-7-11-20(15)31-23/h4,6,9-10H,3,5,7-8,11,13H2,1-2H3,(H,27,28). The molecular weight excluding hydrogens is 410 g/mol. The second kappa shape index (κ2) is 8.86. The molecule has 2 aromatic heterocycles. The molecule has 1 aromatic carbocycles. The molecule has 1 amide bonds. The van der Waals surface area contributed by atoms with Gasteiger partial charge < -0.3 is 10.1 Å². The Morgan fingerprint density at radius 3 is 2.81 bits per heavy atom. The van der Waals surface area contributed by atoms with E-state index in [1.165, 1.54) is 16.2 Å². The predicted octanol–water partition coefficient (Wildman–Crippen LogP) is 4.71. The first-order valence-corrected chi connectivity index (χ1v) is 11.2. The lowest BCUT2D eigenvalue weighted by atomic mass is 9.96. The second-order valence-corrected chi connectivity index (χ2v) is 8.69. The molecule has 1 N–H and O–H groups in total. The Morgan fingerprint density at radius 2 is 2.03 bits per heavy atom. The molecule has 0 fully saturated rings. The second-order valence-electron chi connectivity index (χ2n) is 7.58. The van der Waals surface area contributed by atoms with Crippen molar-refractivity contribution in [1.29, 1.82) is 5.26 Å². The lowest BCUT2D eigenvalue weighted by Gasteiger charge is -2.13. The zero-order valence-electron chi connectivity index (χ0n) is 17.6. The van der Waals surface area contributed by atoms with Crippen molar-refractivity contribution >= 4 is 39.1 Å². The summed E-state index contributed by atoms with van der Waals surface area (Å²) in [7, 11) is 0. The lowest BCUT2D eigenvalue weighted by molar-refractivity contribution is -0.119. The predicted molar refractivity (Wildman–Crippen MR) is 120 cm³/mol. The topological polar surface area (TPSA) is 92.1 Å². The van der Waals surface area contributed by atoms with Crippen molar-refractivity contribution in [2.45, 2.75) is 46.0 Å². The van der Waals surface area contributed by atoms with Crippen molar-refractivity contribution in [2.24, 2.45) is 0 Å². The summed E-state index contributed by atoms with van der Waals surface area (Å²) in [5.41, 5.74) is 4.37. The molecule has 0 unspecified atom stereocenters. The number of ether oxygens (including phenoxy) is 1. The van der Waals surface area contributed by atoms with Gasteiger partial charge in [-0.3, -0.25) is 9.78 Å². The number of esters is 1. The summed E-state index contributed by atoms with van der Waals surface area (Å²) in [5, 5.41) is 13.6. The number of aryl methyl sites for hydroxylation is 2. The minimum atomic E-state index is -0.549. The van der Waals surface area contributed by atoms with E-state index in [0.29, 0.717) is 27.9 Å². The number of nitrogens with one attached hydrogen (secondary N) is 1. The van der Waals surface area contributed by atoms with E-state index < -0.39 is 18.5 Å². The van der Waals surface area contributed by atoms with Crippen molar-refractivity contribution in [3.8, 4) is 6.07 Å². The number of rotatable bonds is 5. The van der Waals surface area contributed by atoms with Crippen molar-refractivity contribution in [1.82, 2.24) is 4.98 Å². The Morgan fingerprint density at radius 1 is 1.26 bits per heavy atom. The minimum Gasteiger partial charge on any atom is -0.452 e. The number of hydrogen-bond acceptors (Lipinski definition) is 6. The number of aromatic nitrogens is 1. The van der Waals surface area contributed by atoms with E-state index in [-0.39, 0.29) is 0 Å². The molecule has 0 atom stereocenters. The van der Waals surface area contributed by atoms with E-state index in [2.05, 4.69) is 16.4 Å². The molecule has 1 aliphatic rings. The average molecular weight is 434 g/mol. The van der Waals surface area contributed by atoms with Gasteiger partial charge in [0.15, 0.2) is 6.61 Å². The third kappa shape index (κ3) is 4.04. The number of para-hydroxylation sites is 1. The first kappa shape index (κ1) is 21.0. The molecular formula is C24H23N3O3S. The van der Waals surface area contributed by atoms with Gasteiger partial charge in [-0.15, -0.1) is 11.3 Å². The number of anilines is 1. The van der Waals surface area contributed by atoms with E-state index in [0.717, 1.165) is 48.0 Å². The molecule has 6 nitrogen and oxygen atoms in total. The van der Waals surface area contributed by atoms with Gasteiger partial charge in [-0.05, 0) is 56.2 Å². The highest BCUT2D eigenvalue weighted by molar-refractivity contribution is 7.16. The van der Waals surface area contributed by atoms with Crippen molar-refractivity contribution in [2.75, 3.05) is 11.9 Å². The highest BCUT2D eigenvalue weighted by Gasteiger charge is 2.23. The van der Waals surface area contributed by atoms with Crippen LogP contribution in [0.1, 0.15) is 57.4 Å². The van der Waals surface area contributed by atoms with Crippen LogP contribution >= 0.6 is 11.3 Å². The van der Waals surface area contributed by atoms with Crippen molar-refractivity contribution in [3.63, 3.8) is 0 Å². The molecule has 1 aliphatic carbocycles. The SMILES string of the molecule is CCc1nc2ccccc2c(C(=O)OCC(=O)Nc2sc3c(c2C#N)CCCC3)c1C. The molecule has 158 valence electrons. The van der Waals surface area contributed by atoms with E-state index in [4.69, 9.17) is 4.74 Å². The minimum absolute atomic E-state index is 0.413. The Hall–Kier alpha value is -3.24. The van der Waals surface area contributed by atoms with E-state index in [1.54, 1.807) is 0 Å².